The van der Waals surface area contributed by atoms with Crippen molar-refractivity contribution in [3.8, 4) is 0 Å². The Labute approximate surface area is 97.8 Å². The second kappa shape index (κ2) is 6.12. The number of nitrogens with one attached hydrogen (secondary N) is 2. The lowest BCUT2D eigenvalue weighted by Crippen LogP contribution is -2.25. The van der Waals surface area contributed by atoms with Crippen LogP contribution in [0.1, 0.15) is 23.7 Å². The standard InChI is InChI=1S/C10H14N2O3S/c1-3-5-15-9(13)7-4-6-16-8(7)12-10(14)11-2/h4,6H,3,5H2,1-2H3,(H2,11,12,14). The van der Waals surface area contributed by atoms with Crippen LogP contribution in [0.4, 0.5) is 9.80 Å². The molecule has 0 bridgehead atoms. The van der Waals surface area contributed by atoms with Crippen LogP contribution in [0.3, 0.4) is 0 Å². The molecule has 6 heteroatoms. The minimum absolute atomic E-state index is 0.355. The maximum Gasteiger partial charge on any atom is 0.341 e. The molecule has 0 saturated carbocycles. The predicted molar refractivity (Wildman–Crippen MR) is 63.0 cm³/mol. The Bertz CT molecular complexity index is 376. The van der Waals surface area contributed by atoms with Crippen LogP contribution < -0.4 is 10.6 Å². The summed E-state index contributed by atoms with van der Waals surface area (Å²) in [5, 5.41) is 7.21. The summed E-state index contributed by atoms with van der Waals surface area (Å²) in [6.07, 6.45) is 0.772. The first-order valence-corrected chi connectivity index (χ1v) is 5.80. The Hall–Kier alpha value is -1.56. The molecule has 0 aromatic carbocycles. The molecule has 1 aromatic rings. The van der Waals surface area contributed by atoms with E-state index >= 15 is 0 Å². The van der Waals surface area contributed by atoms with Crippen LogP contribution in [0.15, 0.2) is 11.4 Å². The minimum atomic E-state index is -0.408. The summed E-state index contributed by atoms with van der Waals surface area (Å²) in [6.45, 7) is 2.30. The van der Waals surface area contributed by atoms with Crippen molar-refractivity contribution in [2.45, 2.75) is 13.3 Å². The maximum absolute atomic E-state index is 11.6. The highest BCUT2D eigenvalue weighted by molar-refractivity contribution is 7.14. The highest BCUT2D eigenvalue weighted by Crippen LogP contribution is 2.23. The Morgan fingerprint density at radius 3 is 2.88 bits per heavy atom. The number of carbonyl (C=O) groups excluding carboxylic acids is 2. The molecule has 0 aliphatic heterocycles. The lowest BCUT2D eigenvalue weighted by atomic mass is 10.3. The molecule has 2 N–H and O–H groups in total. The van der Waals surface area contributed by atoms with Gasteiger partial charge in [0.1, 0.15) is 5.00 Å². The van der Waals surface area contributed by atoms with E-state index in [1.165, 1.54) is 18.4 Å². The number of amides is 2. The fourth-order valence-electron chi connectivity index (χ4n) is 1.00. The molecular formula is C10H14N2O3S. The van der Waals surface area contributed by atoms with E-state index in [0.29, 0.717) is 17.2 Å². The third-order valence-electron chi connectivity index (χ3n) is 1.78. The number of carbonyl (C=O) groups is 2. The van der Waals surface area contributed by atoms with Crippen molar-refractivity contribution in [1.29, 1.82) is 0 Å². The van der Waals surface area contributed by atoms with Crippen molar-refractivity contribution < 1.29 is 14.3 Å². The van der Waals surface area contributed by atoms with Crippen LogP contribution >= 0.6 is 11.3 Å². The van der Waals surface area contributed by atoms with Gasteiger partial charge < -0.3 is 10.1 Å². The average molecular weight is 242 g/mol. The largest absolute Gasteiger partial charge is 0.462 e. The molecule has 0 atom stereocenters. The number of thiophene rings is 1. The predicted octanol–water partition coefficient (Wildman–Crippen LogP) is 2.07. The third-order valence-corrected chi connectivity index (χ3v) is 2.61. The average Bonchev–Trinajstić information content (AvgIpc) is 2.73. The van der Waals surface area contributed by atoms with E-state index in [9.17, 15) is 9.59 Å². The van der Waals surface area contributed by atoms with E-state index in [-0.39, 0.29) is 6.03 Å². The maximum atomic E-state index is 11.6. The van der Waals surface area contributed by atoms with Gasteiger partial charge in [-0.2, -0.15) is 0 Å². The number of rotatable bonds is 4. The van der Waals surface area contributed by atoms with Crippen LogP contribution in [0.25, 0.3) is 0 Å². The van der Waals surface area contributed by atoms with Gasteiger partial charge in [-0.05, 0) is 17.9 Å². The van der Waals surface area contributed by atoms with Crippen molar-refractivity contribution in [3.63, 3.8) is 0 Å². The van der Waals surface area contributed by atoms with Crippen LogP contribution in [0, 0.1) is 0 Å². The van der Waals surface area contributed by atoms with Crippen LogP contribution in [-0.4, -0.2) is 25.7 Å². The Kier molecular flexibility index (Phi) is 4.78. The zero-order valence-corrected chi connectivity index (χ0v) is 10.0. The van der Waals surface area contributed by atoms with Crippen LogP contribution in [0.2, 0.25) is 0 Å². The second-order valence-electron chi connectivity index (χ2n) is 3.00. The van der Waals surface area contributed by atoms with Gasteiger partial charge in [-0.3, -0.25) is 5.32 Å². The monoisotopic (exact) mass is 242 g/mol. The van der Waals surface area contributed by atoms with Crippen molar-refractivity contribution >= 4 is 28.3 Å². The van der Waals surface area contributed by atoms with E-state index in [1.54, 1.807) is 11.4 Å². The summed E-state index contributed by atoms with van der Waals surface area (Å²) in [4.78, 5) is 22.7. The summed E-state index contributed by atoms with van der Waals surface area (Å²) >= 11 is 1.28. The SMILES string of the molecule is CCCOC(=O)c1ccsc1NC(=O)NC. The van der Waals surface area contributed by atoms with Gasteiger partial charge in [0.15, 0.2) is 0 Å². The zero-order chi connectivity index (χ0) is 12.0. The molecule has 0 saturated heterocycles. The molecule has 0 spiro atoms. The fraction of sp³-hybridized carbons (Fsp3) is 0.400. The number of hydrogen-bond donors (Lipinski definition) is 2. The molecule has 88 valence electrons. The highest BCUT2D eigenvalue weighted by atomic mass is 32.1. The number of hydrogen-bond acceptors (Lipinski definition) is 4. The molecule has 0 unspecified atom stereocenters. The summed E-state index contributed by atoms with van der Waals surface area (Å²) in [5.74, 6) is -0.408. The molecule has 0 aliphatic carbocycles. The molecule has 0 radical (unpaired) electrons. The summed E-state index contributed by atoms with van der Waals surface area (Å²) < 4.78 is 4.99. The van der Waals surface area contributed by atoms with E-state index in [2.05, 4.69) is 10.6 Å². The first-order chi connectivity index (χ1) is 7.69. The van der Waals surface area contributed by atoms with Gasteiger partial charge in [-0.15, -0.1) is 11.3 Å². The van der Waals surface area contributed by atoms with Crippen LogP contribution in [-0.2, 0) is 4.74 Å². The van der Waals surface area contributed by atoms with E-state index < -0.39 is 5.97 Å². The molecular weight excluding hydrogens is 228 g/mol. The van der Waals surface area contributed by atoms with Crippen LogP contribution in [0.5, 0.6) is 0 Å². The zero-order valence-electron chi connectivity index (χ0n) is 9.20. The number of anilines is 1. The summed E-state index contributed by atoms with van der Waals surface area (Å²) in [5.41, 5.74) is 0.391. The van der Waals surface area contributed by atoms with Crippen molar-refractivity contribution in [2.24, 2.45) is 0 Å². The van der Waals surface area contributed by atoms with Crippen molar-refractivity contribution in [1.82, 2.24) is 5.32 Å². The number of urea groups is 1. The molecule has 2 amide bonds. The van der Waals surface area contributed by atoms with Gasteiger partial charge in [0, 0.05) is 7.05 Å². The van der Waals surface area contributed by atoms with E-state index in [0.717, 1.165) is 6.42 Å². The quantitative estimate of drug-likeness (QED) is 0.794. The highest BCUT2D eigenvalue weighted by Gasteiger charge is 2.15. The third kappa shape index (κ3) is 3.23. The first kappa shape index (κ1) is 12.5. The molecule has 1 rings (SSSR count). The topological polar surface area (TPSA) is 67.4 Å². The van der Waals surface area contributed by atoms with Gasteiger partial charge in [0.25, 0.3) is 0 Å². The normalized spacial score (nSPS) is 9.62. The molecule has 0 fully saturated rings. The first-order valence-electron chi connectivity index (χ1n) is 4.92. The second-order valence-corrected chi connectivity index (χ2v) is 3.92. The molecule has 1 aromatic heterocycles. The van der Waals surface area contributed by atoms with Gasteiger partial charge >= 0.3 is 12.0 Å². The summed E-state index contributed by atoms with van der Waals surface area (Å²) in [7, 11) is 1.51. The molecule has 1 heterocycles. The van der Waals surface area contributed by atoms with Gasteiger partial charge in [0.2, 0.25) is 0 Å². The van der Waals surface area contributed by atoms with Gasteiger partial charge in [-0.1, -0.05) is 6.92 Å². The molecule has 0 aliphatic rings. The van der Waals surface area contributed by atoms with Gasteiger partial charge in [0.05, 0.1) is 12.2 Å². The minimum Gasteiger partial charge on any atom is -0.462 e. The molecule has 16 heavy (non-hydrogen) atoms. The Morgan fingerprint density at radius 1 is 1.50 bits per heavy atom. The van der Waals surface area contributed by atoms with Crippen molar-refractivity contribution in [3.05, 3.63) is 17.0 Å². The van der Waals surface area contributed by atoms with E-state index in [4.69, 9.17) is 4.74 Å². The Morgan fingerprint density at radius 2 is 2.25 bits per heavy atom. The number of esters is 1. The lowest BCUT2D eigenvalue weighted by molar-refractivity contribution is 0.0507. The summed E-state index contributed by atoms with van der Waals surface area (Å²) in [6, 6.07) is 1.28. The smallest absolute Gasteiger partial charge is 0.341 e. The fourth-order valence-corrected chi connectivity index (χ4v) is 1.78. The Balaban J connectivity index is 2.69. The van der Waals surface area contributed by atoms with Crippen molar-refractivity contribution in [2.75, 3.05) is 19.0 Å². The van der Waals surface area contributed by atoms with Gasteiger partial charge in [-0.25, -0.2) is 9.59 Å². The lowest BCUT2D eigenvalue weighted by Gasteiger charge is -2.05. The van der Waals surface area contributed by atoms with E-state index in [1.807, 2.05) is 6.92 Å². The molecule has 5 nitrogen and oxygen atoms in total. The number of ether oxygens (including phenoxy) is 1.